The van der Waals surface area contributed by atoms with E-state index in [1.807, 2.05) is 0 Å². The van der Waals surface area contributed by atoms with E-state index < -0.39 is 0 Å². The first kappa shape index (κ1) is 10.7. The van der Waals surface area contributed by atoms with E-state index in [1.54, 1.807) is 7.11 Å². The molecule has 1 unspecified atom stereocenters. The Morgan fingerprint density at radius 1 is 1.71 bits per heavy atom. The van der Waals surface area contributed by atoms with Crippen LogP contribution in [-0.4, -0.2) is 23.9 Å². The third-order valence-corrected chi connectivity index (χ3v) is 1.67. The van der Waals surface area contributed by atoms with Gasteiger partial charge in [0.15, 0.2) is 5.82 Å². The summed E-state index contributed by atoms with van der Waals surface area (Å²) < 4.78 is 9.82. The lowest BCUT2D eigenvalue weighted by Gasteiger charge is -1.98. The van der Waals surface area contributed by atoms with E-state index in [2.05, 4.69) is 16.1 Å². The van der Waals surface area contributed by atoms with E-state index in [1.165, 1.54) is 0 Å². The van der Waals surface area contributed by atoms with Crippen LogP contribution in [0, 0.1) is 12.3 Å². The Kier molecular flexibility index (Phi) is 4.11. The number of terminal acetylenes is 1. The van der Waals surface area contributed by atoms with Crippen LogP contribution in [0.2, 0.25) is 0 Å². The predicted octanol–water partition coefficient (Wildman–Crippen LogP) is 0.282. The van der Waals surface area contributed by atoms with E-state index in [9.17, 15) is 0 Å². The summed E-state index contributed by atoms with van der Waals surface area (Å²) in [5.74, 6) is 3.42. The Labute approximate surface area is 82.6 Å². The van der Waals surface area contributed by atoms with Gasteiger partial charge in [-0.1, -0.05) is 5.16 Å². The number of ether oxygens (including phenoxy) is 1. The highest BCUT2D eigenvalue weighted by molar-refractivity contribution is 4.98. The molecule has 5 nitrogen and oxygen atoms in total. The van der Waals surface area contributed by atoms with E-state index in [-0.39, 0.29) is 6.04 Å². The molecule has 1 heterocycles. The van der Waals surface area contributed by atoms with Gasteiger partial charge in [-0.25, -0.2) is 0 Å². The number of hydrogen-bond donors (Lipinski definition) is 1. The van der Waals surface area contributed by atoms with Gasteiger partial charge in [0.05, 0.1) is 12.6 Å². The minimum Gasteiger partial charge on any atom is -0.384 e. The third kappa shape index (κ3) is 2.83. The minimum atomic E-state index is -0.371. The zero-order valence-electron chi connectivity index (χ0n) is 8.06. The topological polar surface area (TPSA) is 74.2 Å². The standard InChI is InChI=1S/C9H13N3O2/c1-3-4-7(10)9-11-8(12-14-9)5-6-13-2/h1,7H,4-6,10H2,2H3. The molecule has 0 aliphatic rings. The molecule has 0 radical (unpaired) electrons. The van der Waals surface area contributed by atoms with Crippen molar-refractivity contribution in [3.05, 3.63) is 11.7 Å². The molecular formula is C9H13N3O2. The molecule has 0 aromatic carbocycles. The summed E-state index contributed by atoms with van der Waals surface area (Å²) in [4.78, 5) is 4.09. The summed E-state index contributed by atoms with van der Waals surface area (Å²) in [6.07, 6.45) is 6.12. The fraction of sp³-hybridized carbons (Fsp3) is 0.556. The monoisotopic (exact) mass is 195 g/mol. The molecule has 1 aromatic heterocycles. The van der Waals surface area contributed by atoms with Crippen molar-refractivity contribution in [1.82, 2.24) is 10.1 Å². The predicted molar refractivity (Wildman–Crippen MR) is 50.3 cm³/mol. The van der Waals surface area contributed by atoms with Gasteiger partial charge in [-0.05, 0) is 0 Å². The van der Waals surface area contributed by atoms with Crippen molar-refractivity contribution < 1.29 is 9.26 Å². The number of nitrogens with zero attached hydrogens (tertiary/aromatic N) is 2. The van der Waals surface area contributed by atoms with Gasteiger partial charge in [0.2, 0.25) is 5.89 Å². The normalized spacial score (nSPS) is 12.4. The molecule has 14 heavy (non-hydrogen) atoms. The number of nitrogens with two attached hydrogens (primary N) is 1. The summed E-state index contributed by atoms with van der Waals surface area (Å²) in [5.41, 5.74) is 5.68. The van der Waals surface area contributed by atoms with E-state index >= 15 is 0 Å². The highest BCUT2D eigenvalue weighted by Gasteiger charge is 2.13. The molecule has 0 bridgehead atoms. The number of hydrogen-bond acceptors (Lipinski definition) is 5. The van der Waals surface area contributed by atoms with Gasteiger partial charge in [0.1, 0.15) is 0 Å². The molecule has 1 rings (SSSR count). The minimum absolute atomic E-state index is 0.371. The van der Waals surface area contributed by atoms with Gasteiger partial charge >= 0.3 is 0 Å². The fourth-order valence-corrected chi connectivity index (χ4v) is 0.927. The highest BCUT2D eigenvalue weighted by atomic mass is 16.5. The molecule has 0 aliphatic heterocycles. The summed E-state index contributed by atoms with van der Waals surface area (Å²) in [6.45, 7) is 0.559. The van der Waals surface area contributed by atoms with Crippen LogP contribution in [0.15, 0.2) is 4.52 Å². The summed E-state index contributed by atoms with van der Waals surface area (Å²) >= 11 is 0. The molecule has 5 heteroatoms. The number of aromatic nitrogens is 2. The quantitative estimate of drug-likeness (QED) is 0.683. The second kappa shape index (κ2) is 5.37. The van der Waals surface area contributed by atoms with Gasteiger partial charge < -0.3 is 15.0 Å². The van der Waals surface area contributed by atoms with Gasteiger partial charge in [-0.2, -0.15) is 4.98 Å². The van der Waals surface area contributed by atoms with Crippen molar-refractivity contribution in [3.63, 3.8) is 0 Å². The van der Waals surface area contributed by atoms with Gasteiger partial charge in [-0.15, -0.1) is 12.3 Å². The molecule has 1 atom stereocenters. The van der Waals surface area contributed by atoms with Crippen molar-refractivity contribution >= 4 is 0 Å². The molecular weight excluding hydrogens is 182 g/mol. The molecule has 1 aromatic rings. The van der Waals surface area contributed by atoms with Crippen LogP contribution in [0.25, 0.3) is 0 Å². The van der Waals surface area contributed by atoms with Crippen molar-refractivity contribution in [2.75, 3.05) is 13.7 Å². The Bertz CT molecular complexity index is 316. The van der Waals surface area contributed by atoms with Crippen LogP contribution in [0.1, 0.15) is 24.2 Å². The summed E-state index contributed by atoms with van der Waals surface area (Å²) in [6, 6.07) is -0.371. The Morgan fingerprint density at radius 2 is 2.50 bits per heavy atom. The molecule has 0 amide bonds. The Balaban J connectivity index is 2.54. The fourth-order valence-electron chi connectivity index (χ4n) is 0.927. The largest absolute Gasteiger partial charge is 0.384 e. The Hall–Kier alpha value is -1.38. The average molecular weight is 195 g/mol. The van der Waals surface area contributed by atoms with Gasteiger partial charge in [0, 0.05) is 20.0 Å². The molecule has 2 N–H and O–H groups in total. The third-order valence-electron chi connectivity index (χ3n) is 1.67. The maximum absolute atomic E-state index is 5.68. The Morgan fingerprint density at radius 3 is 3.14 bits per heavy atom. The summed E-state index contributed by atoms with van der Waals surface area (Å²) in [7, 11) is 1.62. The number of methoxy groups -OCH3 is 1. The molecule has 0 saturated carbocycles. The van der Waals surface area contributed by atoms with Crippen molar-refractivity contribution in [2.45, 2.75) is 18.9 Å². The molecule has 0 saturated heterocycles. The second-order valence-corrected chi connectivity index (χ2v) is 2.81. The second-order valence-electron chi connectivity index (χ2n) is 2.81. The lowest BCUT2D eigenvalue weighted by atomic mass is 10.2. The lowest BCUT2D eigenvalue weighted by molar-refractivity contribution is 0.199. The maximum atomic E-state index is 5.68. The van der Waals surface area contributed by atoms with Crippen molar-refractivity contribution in [3.8, 4) is 12.3 Å². The van der Waals surface area contributed by atoms with Crippen LogP contribution in [-0.2, 0) is 11.2 Å². The van der Waals surface area contributed by atoms with E-state index in [0.29, 0.717) is 31.2 Å². The highest BCUT2D eigenvalue weighted by Crippen LogP contribution is 2.10. The zero-order valence-corrected chi connectivity index (χ0v) is 8.06. The first-order chi connectivity index (χ1) is 6.77. The van der Waals surface area contributed by atoms with Crippen LogP contribution in [0.5, 0.6) is 0 Å². The van der Waals surface area contributed by atoms with Crippen molar-refractivity contribution in [2.24, 2.45) is 5.73 Å². The van der Waals surface area contributed by atoms with Crippen LogP contribution in [0.3, 0.4) is 0 Å². The van der Waals surface area contributed by atoms with E-state index in [4.69, 9.17) is 21.4 Å². The zero-order chi connectivity index (χ0) is 10.4. The first-order valence-corrected chi connectivity index (χ1v) is 4.28. The smallest absolute Gasteiger partial charge is 0.244 e. The molecule has 0 spiro atoms. The van der Waals surface area contributed by atoms with Crippen molar-refractivity contribution in [1.29, 1.82) is 0 Å². The average Bonchev–Trinajstić information content (AvgIpc) is 2.63. The van der Waals surface area contributed by atoms with Gasteiger partial charge in [-0.3, -0.25) is 0 Å². The molecule has 76 valence electrons. The SMILES string of the molecule is C#CCC(N)c1nc(CCOC)no1. The molecule has 0 aliphatic carbocycles. The maximum Gasteiger partial charge on any atom is 0.244 e. The lowest BCUT2D eigenvalue weighted by Crippen LogP contribution is -2.09. The van der Waals surface area contributed by atoms with Crippen LogP contribution >= 0.6 is 0 Å². The van der Waals surface area contributed by atoms with E-state index in [0.717, 1.165) is 0 Å². The van der Waals surface area contributed by atoms with Gasteiger partial charge in [0.25, 0.3) is 0 Å². The number of rotatable bonds is 5. The summed E-state index contributed by atoms with van der Waals surface area (Å²) in [5, 5.41) is 3.74. The van der Waals surface area contributed by atoms with Crippen LogP contribution in [0.4, 0.5) is 0 Å². The van der Waals surface area contributed by atoms with Crippen LogP contribution < -0.4 is 5.73 Å². The first-order valence-electron chi connectivity index (χ1n) is 4.28. The molecule has 0 fully saturated rings.